The first kappa shape index (κ1) is 18.2. The summed E-state index contributed by atoms with van der Waals surface area (Å²) in [5, 5.41) is 19.0. The molecule has 2 N–H and O–H groups in total. The molecule has 3 aromatic rings. The van der Waals surface area contributed by atoms with Gasteiger partial charge in [0.2, 0.25) is 0 Å². The van der Waals surface area contributed by atoms with Crippen molar-refractivity contribution in [3.63, 3.8) is 0 Å². The van der Waals surface area contributed by atoms with Gasteiger partial charge in [0.05, 0.1) is 30.0 Å². The van der Waals surface area contributed by atoms with Gasteiger partial charge in [-0.2, -0.15) is 15.0 Å². The lowest BCUT2D eigenvalue weighted by Gasteiger charge is -2.07. The number of carbonyl (C=O) groups is 1. The predicted octanol–water partition coefficient (Wildman–Crippen LogP) is 3.42. The third-order valence-corrected chi connectivity index (χ3v) is 4.10. The second-order valence-electron chi connectivity index (χ2n) is 5.51. The number of hydrogen-bond acceptors (Lipinski definition) is 4. The van der Waals surface area contributed by atoms with Gasteiger partial charge in [0.25, 0.3) is 0 Å². The van der Waals surface area contributed by atoms with E-state index in [0.717, 1.165) is 5.69 Å². The molecule has 10 heteroatoms. The number of urea groups is 1. The van der Waals surface area contributed by atoms with Crippen LogP contribution in [0, 0.1) is 6.92 Å². The molecule has 26 heavy (non-hydrogen) atoms. The van der Waals surface area contributed by atoms with Crippen LogP contribution in [0.3, 0.4) is 0 Å². The molecule has 0 unspecified atom stereocenters. The molecular weight excluding hydrogens is 377 g/mol. The summed E-state index contributed by atoms with van der Waals surface area (Å²) in [6.45, 7) is 4.75. The summed E-state index contributed by atoms with van der Waals surface area (Å²) in [5.41, 5.74) is 2.17. The number of aryl methyl sites for hydroxylation is 2. The van der Waals surface area contributed by atoms with Crippen molar-refractivity contribution in [1.29, 1.82) is 0 Å². The number of aromatic nitrogens is 5. The number of halogens is 2. The Bertz CT molecular complexity index is 935. The second-order valence-corrected chi connectivity index (χ2v) is 6.35. The monoisotopic (exact) mass is 393 g/mol. The zero-order valence-corrected chi connectivity index (χ0v) is 15.7. The Labute approximate surface area is 160 Å². The topological polar surface area (TPSA) is 89.7 Å². The van der Waals surface area contributed by atoms with Crippen molar-refractivity contribution in [1.82, 2.24) is 30.1 Å². The highest BCUT2D eigenvalue weighted by Crippen LogP contribution is 2.26. The van der Waals surface area contributed by atoms with Crippen molar-refractivity contribution >= 4 is 35.1 Å². The van der Waals surface area contributed by atoms with Crippen LogP contribution in [0.1, 0.15) is 18.3 Å². The maximum atomic E-state index is 12.1. The van der Waals surface area contributed by atoms with Crippen molar-refractivity contribution in [2.75, 3.05) is 5.32 Å². The van der Waals surface area contributed by atoms with E-state index in [9.17, 15) is 4.79 Å². The molecule has 3 rings (SSSR count). The summed E-state index contributed by atoms with van der Waals surface area (Å²) in [6.07, 6.45) is 1.62. The van der Waals surface area contributed by atoms with Crippen LogP contribution in [-0.4, -0.2) is 30.8 Å². The molecule has 2 heterocycles. The lowest BCUT2D eigenvalue weighted by atomic mass is 10.3. The van der Waals surface area contributed by atoms with Gasteiger partial charge in [-0.05, 0) is 32.0 Å². The SMILES string of the molecule is CCn1ncc(CNC(=O)Nc2cc(C)n(-c3ccc(Cl)cc3Cl)n2)n1. The van der Waals surface area contributed by atoms with E-state index >= 15 is 0 Å². The van der Waals surface area contributed by atoms with Gasteiger partial charge in [0.15, 0.2) is 5.82 Å². The summed E-state index contributed by atoms with van der Waals surface area (Å²) in [7, 11) is 0. The molecule has 1 aromatic carbocycles. The molecule has 2 aromatic heterocycles. The standard InChI is InChI=1S/C16H17Cl2N7O/c1-3-24-20-9-12(22-24)8-19-16(26)21-15-6-10(2)25(23-15)14-5-4-11(17)7-13(14)18/h4-7,9H,3,8H2,1-2H3,(H2,19,21,23,26). The van der Waals surface area contributed by atoms with E-state index in [1.807, 2.05) is 13.8 Å². The molecule has 8 nitrogen and oxygen atoms in total. The minimum absolute atomic E-state index is 0.272. The number of hydrogen-bond donors (Lipinski definition) is 2. The Hall–Kier alpha value is -2.58. The Kier molecular flexibility index (Phi) is 5.43. The summed E-state index contributed by atoms with van der Waals surface area (Å²) in [6, 6.07) is 6.50. The lowest BCUT2D eigenvalue weighted by Crippen LogP contribution is -2.28. The highest BCUT2D eigenvalue weighted by molar-refractivity contribution is 6.35. The molecule has 0 aliphatic heterocycles. The Balaban J connectivity index is 1.66. The average Bonchev–Trinajstić information content (AvgIpc) is 3.19. The zero-order valence-electron chi connectivity index (χ0n) is 14.2. The Morgan fingerprint density at radius 1 is 1.23 bits per heavy atom. The van der Waals surface area contributed by atoms with Crippen molar-refractivity contribution < 1.29 is 4.79 Å². The van der Waals surface area contributed by atoms with Crippen LogP contribution in [0.25, 0.3) is 5.69 Å². The number of anilines is 1. The average molecular weight is 394 g/mol. The molecule has 0 aliphatic carbocycles. The second kappa shape index (κ2) is 7.76. The molecule has 0 bridgehead atoms. The molecule has 0 saturated carbocycles. The van der Waals surface area contributed by atoms with E-state index in [4.69, 9.17) is 23.2 Å². The smallest absolute Gasteiger partial charge is 0.320 e. The number of rotatable bonds is 5. The molecule has 0 atom stereocenters. The molecule has 2 amide bonds. The molecule has 0 radical (unpaired) electrons. The molecule has 0 aliphatic rings. The van der Waals surface area contributed by atoms with E-state index in [1.165, 1.54) is 0 Å². The van der Waals surface area contributed by atoms with Gasteiger partial charge in [0, 0.05) is 16.8 Å². The fourth-order valence-corrected chi connectivity index (χ4v) is 2.82. The van der Waals surface area contributed by atoms with Gasteiger partial charge in [-0.3, -0.25) is 5.32 Å². The van der Waals surface area contributed by atoms with Crippen LogP contribution in [0.4, 0.5) is 10.6 Å². The van der Waals surface area contributed by atoms with Crippen molar-refractivity contribution in [2.45, 2.75) is 26.9 Å². The first-order valence-corrected chi connectivity index (χ1v) is 8.68. The van der Waals surface area contributed by atoms with E-state index in [-0.39, 0.29) is 12.6 Å². The third-order valence-electron chi connectivity index (χ3n) is 3.56. The van der Waals surface area contributed by atoms with Crippen LogP contribution >= 0.6 is 23.2 Å². The Morgan fingerprint density at radius 3 is 2.73 bits per heavy atom. The molecule has 0 spiro atoms. The van der Waals surface area contributed by atoms with Gasteiger partial charge in [0.1, 0.15) is 5.69 Å². The fourth-order valence-electron chi connectivity index (χ4n) is 2.33. The first-order valence-electron chi connectivity index (χ1n) is 7.92. The molecule has 0 saturated heterocycles. The molecule has 0 fully saturated rings. The van der Waals surface area contributed by atoms with Crippen LogP contribution in [0.2, 0.25) is 10.0 Å². The third kappa shape index (κ3) is 4.14. The van der Waals surface area contributed by atoms with Gasteiger partial charge in [-0.1, -0.05) is 23.2 Å². The number of nitrogens with one attached hydrogen (secondary N) is 2. The van der Waals surface area contributed by atoms with Crippen molar-refractivity contribution in [3.05, 3.63) is 51.9 Å². The maximum Gasteiger partial charge on any atom is 0.320 e. The quantitative estimate of drug-likeness (QED) is 0.694. The number of nitrogens with zero attached hydrogens (tertiary/aromatic N) is 5. The van der Waals surface area contributed by atoms with Gasteiger partial charge in [-0.25, -0.2) is 9.48 Å². The first-order chi connectivity index (χ1) is 12.5. The minimum Gasteiger partial charge on any atom is -0.332 e. The lowest BCUT2D eigenvalue weighted by molar-refractivity contribution is 0.251. The van der Waals surface area contributed by atoms with Gasteiger partial charge >= 0.3 is 6.03 Å². The number of carbonyl (C=O) groups excluding carboxylic acids is 1. The van der Waals surface area contributed by atoms with Crippen LogP contribution in [0.5, 0.6) is 0 Å². The highest BCUT2D eigenvalue weighted by Gasteiger charge is 2.12. The number of benzene rings is 1. The normalized spacial score (nSPS) is 10.8. The van der Waals surface area contributed by atoms with Gasteiger partial charge < -0.3 is 5.32 Å². The summed E-state index contributed by atoms with van der Waals surface area (Å²) in [5.74, 6) is 0.406. The van der Waals surface area contributed by atoms with E-state index in [2.05, 4.69) is 25.9 Å². The largest absolute Gasteiger partial charge is 0.332 e. The maximum absolute atomic E-state index is 12.1. The zero-order chi connectivity index (χ0) is 18.7. The summed E-state index contributed by atoms with van der Waals surface area (Å²) < 4.78 is 1.64. The predicted molar refractivity (Wildman–Crippen MR) is 99.9 cm³/mol. The van der Waals surface area contributed by atoms with Gasteiger partial charge in [-0.15, -0.1) is 5.10 Å². The van der Waals surface area contributed by atoms with E-state index in [0.29, 0.717) is 33.8 Å². The van der Waals surface area contributed by atoms with Crippen LogP contribution in [0.15, 0.2) is 30.5 Å². The van der Waals surface area contributed by atoms with E-state index in [1.54, 1.807) is 39.9 Å². The fraction of sp³-hybridized carbons (Fsp3) is 0.250. The highest BCUT2D eigenvalue weighted by atomic mass is 35.5. The minimum atomic E-state index is -0.386. The molecule has 136 valence electrons. The van der Waals surface area contributed by atoms with Crippen LogP contribution < -0.4 is 10.6 Å². The summed E-state index contributed by atoms with van der Waals surface area (Å²) in [4.78, 5) is 13.6. The Morgan fingerprint density at radius 2 is 2.04 bits per heavy atom. The van der Waals surface area contributed by atoms with Crippen LogP contribution in [-0.2, 0) is 13.1 Å². The summed E-state index contributed by atoms with van der Waals surface area (Å²) >= 11 is 12.1. The molecular formula is C16H17Cl2N7O. The van der Waals surface area contributed by atoms with E-state index < -0.39 is 0 Å². The van der Waals surface area contributed by atoms with Crippen molar-refractivity contribution in [2.24, 2.45) is 0 Å². The van der Waals surface area contributed by atoms with Crippen molar-refractivity contribution in [3.8, 4) is 5.69 Å². The number of amides is 2.